The van der Waals surface area contributed by atoms with Crippen molar-refractivity contribution in [2.24, 2.45) is 5.92 Å². The van der Waals surface area contributed by atoms with Crippen LogP contribution in [0.15, 0.2) is 0 Å². The zero-order valence-electron chi connectivity index (χ0n) is 10.5. The van der Waals surface area contributed by atoms with Gasteiger partial charge in [0.25, 0.3) is 0 Å². The van der Waals surface area contributed by atoms with Crippen molar-refractivity contribution in [3.63, 3.8) is 0 Å². The van der Waals surface area contributed by atoms with Crippen molar-refractivity contribution in [3.05, 3.63) is 0 Å². The van der Waals surface area contributed by atoms with Gasteiger partial charge < -0.3 is 14.2 Å². The van der Waals surface area contributed by atoms with Crippen LogP contribution in [0.4, 0.5) is 0 Å². The van der Waals surface area contributed by atoms with Gasteiger partial charge in [0, 0.05) is 14.2 Å². The van der Waals surface area contributed by atoms with Gasteiger partial charge in [-0.3, -0.25) is 0 Å². The quantitative estimate of drug-likeness (QED) is 0.294. The van der Waals surface area contributed by atoms with E-state index in [1.807, 2.05) is 0 Å². The number of hydrogen-bond donors (Lipinski definition) is 0. The molecule has 0 aromatic carbocycles. The van der Waals surface area contributed by atoms with E-state index < -0.39 is 0 Å². The number of hydrogen-bond acceptors (Lipinski definition) is 3. The average Bonchev–Trinajstić information content (AvgIpc) is 3.07. The van der Waals surface area contributed by atoms with Crippen LogP contribution in [-0.4, -0.2) is 41.9 Å². The van der Waals surface area contributed by atoms with Crippen molar-refractivity contribution in [3.8, 4) is 0 Å². The molecule has 4 heteroatoms. The third-order valence-electron chi connectivity index (χ3n) is 3.94. The molecule has 3 atom stereocenters. The molecule has 0 aromatic rings. The summed E-state index contributed by atoms with van der Waals surface area (Å²) >= 11 is 0. The van der Waals surface area contributed by atoms with Crippen LogP contribution in [0.3, 0.4) is 0 Å². The van der Waals surface area contributed by atoms with E-state index in [9.17, 15) is 0 Å². The maximum absolute atomic E-state index is 5.56. The summed E-state index contributed by atoms with van der Waals surface area (Å²) in [7, 11) is 3.29. The van der Waals surface area contributed by atoms with Gasteiger partial charge in [-0.05, 0) is 25.2 Å². The van der Waals surface area contributed by atoms with E-state index in [0.717, 1.165) is 5.92 Å². The van der Waals surface area contributed by atoms with Gasteiger partial charge in [0.2, 0.25) is 0 Å². The molecule has 1 aliphatic heterocycles. The van der Waals surface area contributed by atoms with Gasteiger partial charge in [0.05, 0.1) is 21.7 Å². The lowest BCUT2D eigenvalue weighted by molar-refractivity contribution is -0.0441. The summed E-state index contributed by atoms with van der Waals surface area (Å²) in [5, 5.41) is 0. The molecule has 0 amide bonds. The Morgan fingerprint density at radius 2 is 2.06 bits per heavy atom. The second-order valence-electron chi connectivity index (χ2n) is 5.08. The fourth-order valence-electron chi connectivity index (χ4n) is 2.82. The zero-order chi connectivity index (χ0) is 11.4. The highest BCUT2D eigenvalue weighted by Crippen LogP contribution is 2.41. The Bertz CT molecular complexity index is 208. The van der Waals surface area contributed by atoms with Crippen molar-refractivity contribution in [1.82, 2.24) is 0 Å². The summed E-state index contributed by atoms with van der Waals surface area (Å²) in [4.78, 5) is 0. The van der Waals surface area contributed by atoms with Gasteiger partial charge in [0.15, 0.2) is 0 Å². The maximum atomic E-state index is 5.56. The van der Waals surface area contributed by atoms with E-state index >= 15 is 0 Å². The highest BCUT2D eigenvalue weighted by Gasteiger charge is 2.43. The van der Waals surface area contributed by atoms with Crippen LogP contribution in [0.1, 0.15) is 32.1 Å². The van der Waals surface area contributed by atoms with E-state index in [2.05, 4.69) is 0 Å². The molecule has 3 nitrogen and oxygen atoms in total. The van der Waals surface area contributed by atoms with E-state index in [1.54, 1.807) is 14.2 Å². The van der Waals surface area contributed by atoms with Gasteiger partial charge in [-0.2, -0.15) is 0 Å². The molecule has 0 bridgehead atoms. The molecule has 2 fully saturated rings. The SMILES string of the molecule is COC(OC)[SiH2]CCCC1CCC2OC2C1. The number of ether oxygens (including phenoxy) is 3. The highest BCUT2D eigenvalue weighted by molar-refractivity contribution is 6.36. The van der Waals surface area contributed by atoms with Crippen LogP contribution in [0.5, 0.6) is 0 Å². The van der Waals surface area contributed by atoms with E-state index in [-0.39, 0.29) is 15.4 Å². The molecule has 1 saturated carbocycles. The number of rotatable bonds is 7. The van der Waals surface area contributed by atoms with Crippen molar-refractivity contribution < 1.29 is 14.2 Å². The van der Waals surface area contributed by atoms with Crippen LogP contribution in [-0.2, 0) is 14.2 Å². The highest BCUT2D eigenvalue weighted by atomic mass is 28.2. The monoisotopic (exact) mass is 244 g/mol. The molecule has 0 spiro atoms. The Hall–Kier alpha value is 0.0969. The molecular formula is C12H24O3Si. The molecule has 0 aromatic heterocycles. The third-order valence-corrected chi connectivity index (χ3v) is 5.99. The molecule has 2 rings (SSSR count). The van der Waals surface area contributed by atoms with Crippen molar-refractivity contribution in [2.75, 3.05) is 14.2 Å². The third kappa shape index (κ3) is 3.55. The lowest BCUT2D eigenvalue weighted by Crippen LogP contribution is -2.21. The maximum Gasteiger partial charge on any atom is 0.134 e. The van der Waals surface area contributed by atoms with E-state index in [4.69, 9.17) is 14.2 Å². The molecular weight excluding hydrogens is 220 g/mol. The normalized spacial score (nSPS) is 33.6. The number of methoxy groups -OCH3 is 2. The Morgan fingerprint density at radius 1 is 1.25 bits per heavy atom. The van der Waals surface area contributed by atoms with Crippen LogP contribution >= 0.6 is 0 Å². The van der Waals surface area contributed by atoms with Crippen LogP contribution < -0.4 is 0 Å². The van der Waals surface area contributed by atoms with E-state index in [0.29, 0.717) is 12.2 Å². The molecule has 1 saturated heterocycles. The molecule has 1 aliphatic carbocycles. The fourth-order valence-corrected chi connectivity index (χ4v) is 4.21. The Labute approximate surface area is 101 Å². The number of fused-ring (bicyclic) bond motifs is 1. The van der Waals surface area contributed by atoms with Gasteiger partial charge in [-0.1, -0.05) is 18.9 Å². The van der Waals surface area contributed by atoms with E-state index in [1.165, 1.54) is 38.1 Å². The summed E-state index contributed by atoms with van der Waals surface area (Å²) in [6.45, 7) is 0. The van der Waals surface area contributed by atoms with Crippen LogP contribution in [0.25, 0.3) is 0 Å². The summed E-state index contributed by atoms with van der Waals surface area (Å²) in [6.07, 6.45) is 8.06. The Balaban J connectivity index is 1.50. The standard InChI is InChI=1S/C12H24O3Si/c1-13-12(14-2)16-7-3-4-9-5-6-10-11(8-9)15-10/h9-12H,3-8,16H2,1-2H3. The minimum atomic E-state index is -0.200. The predicted octanol–water partition coefficient (Wildman–Crippen LogP) is 1.50. The minimum absolute atomic E-state index is 0.127. The molecule has 1 heterocycles. The first-order chi connectivity index (χ1) is 7.83. The average molecular weight is 244 g/mol. The molecule has 16 heavy (non-hydrogen) atoms. The van der Waals surface area contributed by atoms with Gasteiger partial charge in [0.1, 0.15) is 5.91 Å². The first-order valence-corrected chi connectivity index (χ1v) is 8.36. The van der Waals surface area contributed by atoms with Crippen molar-refractivity contribution in [2.45, 2.75) is 56.3 Å². The lowest BCUT2D eigenvalue weighted by atomic mass is 9.86. The minimum Gasteiger partial charge on any atom is -0.370 e. The summed E-state index contributed by atoms with van der Waals surface area (Å²) < 4.78 is 16.0. The molecule has 0 N–H and O–H groups in total. The van der Waals surface area contributed by atoms with Crippen LogP contribution in [0.2, 0.25) is 6.04 Å². The molecule has 2 aliphatic rings. The molecule has 0 radical (unpaired) electrons. The zero-order valence-corrected chi connectivity index (χ0v) is 11.9. The Morgan fingerprint density at radius 3 is 2.75 bits per heavy atom. The van der Waals surface area contributed by atoms with Gasteiger partial charge in [-0.25, -0.2) is 0 Å². The second kappa shape index (κ2) is 6.14. The number of epoxide rings is 1. The first kappa shape index (κ1) is 12.6. The summed E-state index contributed by atoms with van der Waals surface area (Å²) in [6, 6.07) is 1.35. The van der Waals surface area contributed by atoms with Gasteiger partial charge >= 0.3 is 0 Å². The first-order valence-electron chi connectivity index (χ1n) is 6.54. The predicted molar refractivity (Wildman–Crippen MR) is 66.4 cm³/mol. The second-order valence-corrected chi connectivity index (χ2v) is 7.03. The smallest absolute Gasteiger partial charge is 0.134 e. The lowest BCUT2D eigenvalue weighted by Gasteiger charge is -2.19. The summed E-state index contributed by atoms with van der Waals surface area (Å²) in [5.41, 5.74) is 0. The van der Waals surface area contributed by atoms with Crippen LogP contribution in [0, 0.1) is 5.92 Å². The largest absolute Gasteiger partial charge is 0.370 e. The van der Waals surface area contributed by atoms with Gasteiger partial charge in [-0.15, -0.1) is 0 Å². The molecule has 94 valence electrons. The Kier molecular flexibility index (Phi) is 4.82. The van der Waals surface area contributed by atoms with Crippen molar-refractivity contribution >= 4 is 9.52 Å². The fraction of sp³-hybridized carbons (Fsp3) is 1.00. The van der Waals surface area contributed by atoms with Crippen molar-refractivity contribution in [1.29, 1.82) is 0 Å². The molecule has 3 unspecified atom stereocenters. The summed E-state index contributed by atoms with van der Waals surface area (Å²) in [5.74, 6) is 1.06. The topological polar surface area (TPSA) is 31.0 Å².